The van der Waals surface area contributed by atoms with Crippen molar-refractivity contribution in [1.82, 2.24) is 0 Å². The van der Waals surface area contributed by atoms with Gasteiger partial charge in [0, 0.05) is 13.1 Å². The molecule has 0 spiro atoms. The summed E-state index contributed by atoms with van der Waals surface area (Å²) in [4.78, 5) is 1.93. The Kier molecular flexibility index (Phi) is 4.01. The van der Waals surface area contributed by atoms with Crippen molar-refractivity contribution in [3.63, 3.8) is 0 Å². The van der Waals surface area contributed by atoms with E-state index in [4.69, 9.17) is 5.73 Å². The van der Waals surface area contributed by atoms with Crippen molar-refractivity contribution in [3.8, 4) is 0 Å². The first-order valence-electron chi connectivity index (χ1n) is 5.73. The van der Waals surface area contributed by atoms with Gasteiger partial charge < -0.3 is 15.7 Å². The maximum atomic E-state index is 14.2. The number of nitrogens with two attached hydrogens (primary N) is 1. The predicted molar refractivity (Wildman–Crippen MR) is 69.4 cm³/mol. The molecule has 0 radical (unpaired) electrons. The zero-order valence-electron chi connectivity index (χ0n) is 9.50. The number of hydrogen-bond acceptors (Lipinski definition) is 3. The van der Waals surface area contributed by atoms with Crippen LogP contribution in [0.2, 0.25) is 0 Å². The molecule has 0 bridgehead atoms. The molecule has 0 aliphatic carbocycles. The van der Waals surface area contributed by atoms with Crippen LogP contribution in [0.3, 0.4) is 0 Å². The fourth-order valence-electron chi connectivity index (χ4n) is 2.30. The van der Waals surface area contributed by atoms with E-state index in [-0.39, 0.29) is 18.5 Å². The summed E-state index contributed by atoms with van der Waals surface area (Å²) in [5, 5.41) is 9.26. The smallest absolute Gasteiger partial charge is 0.160 e. The number of aliphatic hydroxyl groups excluding tert-OH is 1. The highest BCUT2D eigenvalue weighted by atomic mass is 79.9. The standard InChI is InChI=1S/C12H16BrFN2O/c13-11-8(6-15)3-4-10(12(11)14)16-5-1-2-9(16)7-17/h3-4,9,17H,1-2,5-7,15H2. The second-order valence-corrected chi connectivity index (χ2v) is 5.04. The summed E-state index contributed by atoms with van der Waals surface area (Å²) in [7, 11) is 0. The number of benzene rings is 1. The lowest BCUT2D eigenvalue weighted by molar-refractivity contribution is 0.266. The van der Waals surface area contributed by atoms with Gasteiger partial charge in [0.05, 0.1) is 22.8 Å². The number of nitrogens with zero attached hydrogens (tertiary/aromatic N) is 1. The van der Waals surface area contributed by atoms with Gasteiger partial charge in [0.25, 0.3) is 0 Å². The van der Waals surface area contributed by atoms with Crippen LogP contribution >= 0.6 is 15.9 Å². The van der Waals surface area contributed by atoms with Crippen LogP contribution in [-0.4, -0.2) is 24.3 Å². The minimum atomic E-state index is -0.284. The lowest BCUT2D eigenvalue weighted by Crippen LogP contribution is -2.32. The van der Waals surface area contributed by atoms with Gasteiger partial charge in [0.1, 0.15) is 0 Å². The Bertz CT molecular complexity index is 414. The molecule has 17 heavy (non-hydrogen) atoms. The molecule has 3 N–H and O–H groups in total. The Morgan fingerprint density at radius 3 is 2.94 bits per heavy atom. The Morgan fingerprint density at radius 2 is 2.29 bits per heavy atom. The third kappa shape index (κ3) is 2.32. The van der Waals surface area contributed by atoms with Gasteiger partial charge in [-0.2, -0.15) is 0 Å². The van der Waals surface area contributed by atoms with Gasteiger partial charge in [0.15, 0.2) is 5.82 Å². The SMILES string of the molecule is NCc1ccc(N2CCCC2CO)c(F)c1Br. The van der Waals surface area contributed by atoms with E-state index in [1.54, 1.807) is 6.07 Å². The quantitative estimate of drug-likeness (QED) is 0.898. The molecule has 1 heterocycles. The summed E-state index contributed by atoms with van der Waals surface area (Å²) >= 11 is 3.24. The van der Waals surface area contributed by atoms with E-state index in [9.17, 15) is 9.50 Å². The number of anilines is 1. The van der Waals surface area contributed by atoms with Crippen LogP contribution in [0.4, 0.5) is 10.1 Å². The van der Waals surface area contributed by atoms with Crippen molar-refractivity contribution >= 4 is 21.6 Å². The molecule has 0 amide bonds. The Hall–Kier alpha value is -0.650. The highest BCUT2D eigenvalue weighted by molar-refractivity contribution is 9.10. The first-order chi connectivity index (χ1) is 8.19. The van der Waals surface area contributed by atoms with Crippen molar-refractivity contribution < 1.29 is 9.50 Å². The fourth-order valence-corrected chi connectivity index (χ4v) is 2.80. The lowest BCUT2D eigenvalue weighted by Gasteiger charge is -2.26. The molecule has 3 nitrogen and oxygen atoms in total. The zero-order valence-corrected chi connectivity index (χ0v) is 11.1. The number of hydrogen-bond donors (Lipinski definition) is 2. The molecular weight excluding hydrogens is 287 g/mol. The molecule has 1 aliphatic rings. The van der Waals surface area contributed by atoms with Crippen LogP contribution < -0.4 is 10.6 Å². The van der Waals surface area contributed by atoms with Gasteiger partial charge in [-0.15, -0.1) is 0 Å². The molecule has 2 rings (SSSR count). The van der Waals surface area contributed by atoms with Crippen molar-refractivity contribution in [1.29, 1.82) is 0 Å². The molecule has 1 aromatic rings. The molecule has 0 saturated carbocycles. The fraction of sp³-hybridized carbons (Fsp3) is 0.500. The number of aliphatic hydroxyl groups is 1. The van der Waals surface area contributed by atoms with E-state index in [1.165, 1.54) is 0 Å². The zero-order chi connectivity index (χ0) is 12.4. The van der Waals surface area contributed by atoms with Gasteiger partial charge in [0.2, 0.25) is 0 Å². The minimum Gasteiger partial charge on any atom is -0.394 e. The third-order valence-corrected chi connectivity index (χ3v) is 4.12. The average Bonchev–Trinajstić information content (AvgIpc) is 2.80. The molecule has 1 aliphatic heterocycles. The van der Waals surface area contributed by atoms with Crippen LogP contribution in [0.5, 0.6) is 0 Å². The van der Waals surface area contributed by atoms with E-state index < -0.39 is 0 Å². The highest BCUT2D eigenvalue weighted by Gasteiger charge is 2.27. The summed E-state index contributed by atoms with van der Waals surface area (Å²) < 4.78 is 14.6. The molecule has 5 heteroatoms. The first kappa shape index (κ1) is 12.8. The molecular formula is C12H16BrFN2O. The van der Waals surface area contributed by atoms with Crippen LogP contribution in [0, 0.1) is 5.82 Å². The van der Waals surface area contributed by atoms with Crippen LogP contribution in [-0.2, 0) is 6.54 Å². The molecule has 1 fully saturated rings. The Balaban J connectivity index is 2.36. The highest BCUT2D eigenvalue weighted by Crippen LogP contribution is 2.33. The molecule has 1 atom stereocenters. The van der Waals surface area contributed by atoms with Crippen LogP contribution in [0.15, 0.2) is 16.6 Å². The van der Waals surface area contributed by atoms with E-state index in [1.807, 2.05) is 11.0 Å². The van der Waals surface area contributed by atoms with Gasteiger partial charge in [-0.25, -0.2) is 4.39 Å². The third-order valence-electron chi connectivity index (χ3n) is 3.26. The molecule has 1 unspecified atom stereocenters. The monoisotopic (exact) mass is 302 g/mol. The summed E-state index contributed by atoms with van der Waals surface area (Å²) in [6.45, 7) is 1.16. The predicted octanol–water partition coefficient (Wildman–Crippen LogP) is 2.01. The summed E-state index contributed by atoms with van der Waals surface area (Å²) in [6, 6.07) is 3.60. The molecule has 1 saturated heterocycles. The van der Waals surface area contributed by atoms with Crippen LogP contribution in [0.1, 0.15) is 18.4 Å². The molecule has 0 aromatic heterocycles. The average molecular weight is 303 g/mol. The van der Waals surface area contributed by atoms with E-state index in [2.05, 4.69) is 15.9 Å². The second kappa shape index (κ2) is 5.33. The lowest BCUT2D eigenvalue weighted by atomic mass is 10.1. The maximum Gasteiger partial charge on any atom is 0.160 e. The van der Waals surface area contributed by atoms with E-state index in [0.717, 1.165) is 24.9 Å². The van der Waals surface area contributed by atoms with E-state index >= 15 is 0 Å². The van der Waals surface area contributed by atoms with Gasteiger partial charge in [-0.1, -0.05) is 6.07 Å². The maximum absolute atomic E-state index is 14.2. The van der Waals surface area contributed by atoms with E-state index in [0.29, 0.717) is 16.7 Å². The summed E-state index contributed by atoms with van der Waals surface area (Å²) in [6.07, 6.45) is 1.90. The Labute approximate surface area is 109 Å². The van der Waals surface area contributed by atoms with Crippen molar-refractivity contribution in [3.05, 3.63) is 28.0 Å². The van der Waals surface area contributed by atoms with Crippen molar-refractivity contribution in [2.45, 2.75) is 25.4 Å². The molecule has 94 valence electrons. The normalized spacial score (nSPS) is 20.0. The summed E-state index contributed by atoms with van der Waals surface area (Å²) in [5.41, 5.74) is 6.83. The number of halogens is 2. The van der Waals surface area contributed by atoms with Crippen LogP contribution in [0.25, 0.3) is 0 Å². The van der Waals surface area contributed by atoms with Crippen molar-refractivity contribution in [2.75, 3.05) is 18.1 Å². The largest absolute Gasteiger partial charge is 0.394 e. The second-order valence-electron chi connectivity index (χ2n) is 4.25. The molecule has 1 aromatic carbocycles. The van der Waals surface area contributed by atoms with Gasteiger partial charge >= 0.3 is 0 Å². The summed E-state index contributed by atoms with van der Waals surface area (Å²) in [5.74, 6) is -0.284. The topological polar surface area (TPSA) is 49.5 Å². The number of rotatable bonds is 3. The minimum absolute atomic E-state index is 0.0279. The van der Waals surface area contributed by atoms with Gasteiger partial charge in [-0.05, 0) is 40.4 Å². The van der Waals surface area contributed by atoms with Gasteiger partial charge in [-0.3, -0.25) is 0 Å². The van der Waals surface area contributed by atoms with Crippen molar-refractivity contribution in [2.24, 2.45) is 5.73 Å². The Morgan fingerprint density at radius 1 is 1.53 bits per heavy atom. The first-order valence-corrected chi connectivity index (χ1v) is 6.52.